The SMILES string of the molecule is CN(C(=O)COc1ccccc1N(CC(=O)OC(C)(C)C)C(=O)CNC(=O)Nc1cccc(CC(=O)O)c1)c1ccccc1. The average Bonchev–Trinajstić information content (AvgIpc) is 2.96. The summed E-state index contributed by atoms with van der Waals surface area (Å²) in [4.78, 5) is 65.2. The van der Waals surface area contributed by atoms with Crippen molar-refractivity contribution in [3.8, 4) is 5.75 Å². The van der Waals surface area contributed by atoms with Gasteiger partial charge in [-0.25, -0.2) is 4.79 Å². The van der Waals surface area contributed by atoms with E-state index in [2.05, 4.69) is 10.6 Å². The summed E-state index contributed by atoms with van der Waals surface area (Å²) in [5, 5.41) is 14.0. The highest BCUT2D eigenvalue weighted by atomic mass is 16.6. The molecule has 0 aliphatic carbocycles. The topological polar surface area (TPSA) is 155 Å². The van der Waals surface area contributed by atoms with Crippen LogP contribution in [0.15, 0.2) is 78.9 Å². The van der Waals surface area contributed by atoms with Crippen molar-refractivity contribution in [3.63, 3.8) is 0 Å². The van der Waals surface area contributed by atoms with Crippen LogP contribution in [0.5, 0.6) is 5.75 Å². The average molecular weight is 605 g/mol. The van der Waals surface area contributed by atoms with Gasteiger partial charge in [0.05, 0.1) is 18.7 Å². The summed E-state index contributed by atoms with van der Waals surface area (Å²) < 4.78 is 11.2. The van der Waals surface area contributed by atoms with Crippen LogP contribution in [0.2, 0.25) is 0 Å². The number of nitrogens with one attached hydrogen (secondary N) is 2. The Morgan fingerprint density at radius 1 is 0.864 bits per heavy atom. The Labute approximate surface area is 255 Å². The number of anilines is 3. The minimum absolute atomic E-state index is 0.166. The number of carbonyl (C=O) groups is 5. The molecule has 0 radical (unpaired) electrons. The highest BCUT2D eigenvalue weighted by Gasteiger charge is 2.26. The molecule has 0 aliphatic heterocycles. The van der Waals surface area contributed by atoms with Crippen molar-refractivity contribution < 1.29 is 38.6 Å². The third-order valence-corrected chi connectivity index (χ3v) is 5.97. The normalized spacial score (nSPS) is 10.7. The lowest BCUT2D eigenvalue weighted by Crippen LogP contribution is -2.45. The zero-order chi connectivity index (χ0) is 32.3. The minimum Gasteiger partial charge on any atom is -0.482 e. The molecule has 0 aliphatic rings. The number of urea groups is 1. The van der Waals surface area contributed by atoms with Crippen LogP contribution in [-0.4, -0.2) is 67.2 Å². The van der Waals surface area contributed by atoms with E-state index in [0.717, 1.165) is 4.90 Å². The molecule has 0 saturated heterocycles. The monoisotopic (exact) mass is 604 g/mol. The van der Waals surface area contributed by atoms with Gasteiger partial charge in [-0.05, 0) is 62.7 Å². The van der Waals surface area contributed by atoms with Crippen molar-refractivity contribution in [2.75, 3.05) is 41.9 Å². The molecule has 44 heavy (non-hydrogen) atoms. The molecule has 0 saturated carbocycles. The lowest BCUT2D eigenvalue weighted by atomic mass is 10.1. The zero-order valence-electron chi connectivity index (χ0n) is 25.0. The van der Waals surface area contributed by atoms with Gasteiger partial charge in [0.2, 0.25) is 5.91 Å². The molecule has 0 atom stereocenters. The van der Waals surface area contributed by atoms with E-state index in [9.17, 15) is 24.0 Å². The highest BCUT2D eigenvalue weighted by Crippen LogP contribution is 2.29. The predicted octanol–water partition coefficient (Wildman–Crippen LogP) is 3.85. The van der Waals surface area contributed by atoms with Gasteiger partial charge in [-0.2, -0.15) is 0 Å². The largest absolute Gasteiger partial charge is 0.482 e. The zero-order valence-corrected chi connectivity index (χ0v) is 25.0. The van der Waals surface area contributed by atoms with Gasteiger partial charge >= 0.3 is 18.0 Å². The number of carboxylic acids is 1. The number of carboxylic acid groups (broad SMARTS) is 1. The van der Waals surface area contributed by atoms with Crippen molar-refractivity contribution in [1.82, 2.24) is 5.32 Å². The molecule has 12 nitrogen and oxygen atoms in total. The molecule has 0 heterocycles. The van der Waals surface area contributed by atoms with Crippen LogP contribution in [0.25, 0.3) is 0 Å². The molecular weight excluding hydrogens is 568 g/mol. The van der Waals surface area contributed by atoms with E-state index in [4.69, 9.17) is 14.6 Å². The maximum atomic E-state index is 13.4. The number of likely N-dealkylation sites (N-methyl/N-ethyl adjacent to an activating group) is 1. The number of amides is 4. The molecular formula is C32H36N4O8. The molecule has 12 heteroatoms. The third kappa shape index (κ3) is 10.5. The molecule has 3 rings (SSSR count). The number of benzene rings is 3. The van der Waals surface area contributed by atoms with Crippen LogP contribution < -0.4 is 25.2 Å². The van der Waals surface area contributed by atoms with Crippen LogP contribution >= 0.6 is 0 Å². The molecule has 232 valence electrons. The van der Waals surface area contributed by atoms with Gasteiger partial charge in [-0.15, -0.1) is 0 Å². The van der Waals surface area contributed by atoms with Gasteiger partial charge in [0.15, 0.2) is 6.61 Å². The number of para-hydroxylation sites is 3. The number of hydrogen-bond acceptors (Lipinski definition) is 7. The van der Waals surface area contributed by atoms with Crippen molar-refractivity contribution in [1.29, 1.82) is 0 Å². The Kier molecular flexibility index (Phi) is 11.4. The van der Waals surface area contributed by atoms with E-state index in [1.165, 1.54) is 11.0 Å². The van der Waals surface area contributed by atoms with Crippen LogP contribution in [0.1, 0.15) is 26.3 Å². The molecule has 0 bridgehead atoms. The summed E-state index contributed by atoms with van der Waals surface area (Å²) in [6.45, 7) is 3.74. The van der Waals surface area contributed by atoms with Crippen molar-refractivity contribution in [2.45, 2.75) is 32.8 Å². The molecule has 0 fully saturated rings. The summed E-state index contributed by atoms with van der Waals surface area (Å²) in [5.74, 6) is -2.55. The number of esters is 1. The van der Waals surface area contributed by atoms with E-state index < -0.39 is 42.6 Å². The molecule has 0 aromatic heterocycles. The van der Waals surface area contributed by atoms with Gasteiger partial charge in [-0.1, -0.05) is 42.5 Å². The fourth-order valence-corrected chi connectivity index (χ4v) is 4.00. The molecule has 4 amide bonds. The second-order valence-corrected chi connectivity index (χ2v) is 10.7. The quantitative estimate of drug-likeness (QED) is 0.264. The number of aliphatic carboxylic acids is 1. The summed E-state index contributed by atoms with van der Waals surface area (Å²) in [5.41, 5.74) is 0.878. The van der Waals surface area contributed by atoms with Gasteiger partial charge in [0, 0.05) is 18.4 Å². The fraction of sp³-hybridized carbons (Fsp3) is 0.281. The van der Waals surface area contributed by atoms with Crippen LogP contribution in [0.4, 0.5) is 21.9 Å². The summed E-state index contributed by atoms with van der Waals surface area (Å²) >= 11 is 0. The Hall–Kier alpha value is -5.39. The van der Waals surface area contributed by atoms with Gasteiger partial charge in [0.1, 0.15) is 17.9 Å². The Bertz CT molecular complexity index is 1490. The number of rotatable bonds is 12. The molecule has 3 N–H and O–H groups in total. The number of carbonyl (C=O) groups excluding carboxylic acids is 4. The summed E-state index contributed by atoms with van der Waals surface area (Å²) in [7, 11) is 1.62. The highest BCUT2D eigenvalue weighted by molar-refractivity contribution is 6.02. The molecule has 3 aromatic carbocycles. The number of ether oxygens (including phenoxy) is 2. The second-order valence-electron chi connectivity index (χ2n) is 10.7. The van der Waals surface area contributed by atoms with Crippen molar-refractivity contribution in [3.05, 3.63) is 84.4 Å². The Morgan fingerprint density at radius 3 is 2.23 bits per heavy atom. The van der Waals surface area contributed by atoms with E-state index >= 15 is 0 Å². The first-order valence-electron chi connectivity index (χ1n) is 13.7. The number of hydrogen-bond donors (Lipinski definition) is 3. The Balaban J connectivity index is 1.75. The van der Waals surface area contributed by atoms with Crippen LogP contribution in [0, 0.1) is 0 Å². The van der Waals surface area contributed by atoms with Gasteiger partial charge in [0.25, 0.3) is 5.91 Å². The van der Waals surface area contributed by atoms with E-state index in [1.54, 1.807) is 94.5 Å². The van der Waals surface area contributed by atoms with Crippen LogP contribution in [-0.2, 0) is 30.3 Å². The lowest BCUT2D eigenvalue weighted by Gasteiger charge is -2.27. The Morgan fingerprint density at radius 2 is 1.55 bits per heavy atom. The van der Waals surface area contributed by atoms with E-state index in [-0.39, 0.29) is 30.4 Å². The predicted molar refractivity (Wildman–Crippen MR) is 165 cm³/mol. The van der Waals surface area contributed by atoms with E-state index in [0.29, 0.717) is 16.9 Å². The van der Waals surface area contributed by atoms with Gasteiger partial charge < -0.3 is 30.1 Å². The summed E-state index contributed by atoms with van der Waals surface area (Å²) in [6, 6.07) is 21.0. The maximum Gasteiger partial charge on any atom is 0.326 e. The molecule has 0 unspecified atom stereocenters. The van der Waals surface area contributed by atoms with Crippen LogP contribution in [0.3, 0.4) is 0 Å². The maximum absolute atomic E-state index is 13.4. The van der Waals surface area contributed by atoms with Crippen molar-refractivity contribution in [2.24, 2.45) is 0 Å². The molecule has 3 aromatic rings. The second kappa shape index (κ2) is 15.2. The molecule has 0 spiro atoms. The first-order valence-corrected chi connectivity index (χ1v) is 13.7. The summed E-state index contributed by atoms with van der Waals surface area (Å²) in [6.07, 6.45) is -0.217. The smallest absolute Gasteiger partial charge is 0.326 e. The third-order valence-electron chi connectivity index (χ3n) is 5.97. The standard InChI is InChI=1S/C32H36N4O8/c1-32(2,3)44-30(41)20-36(27(37)19-33-31(42)34-23-12-10-11-22(17-23)18-29(39)40)25-15-8-9-16-26(25)43-21-28(38)35(4)24-13-6-5-7-14-24/h5-17H,18-21H2,1-4H3,(H,39,40)(H2,33,34,42). The first kappa shape index (κ1) is 33.1. The number of nitrogens with zero attached hydrogens (tertiary/aromatic N) is 2. The van der Waals surface area contributed by atoms with Gasteiger partial charge in [-0.3, -0.25) is 24.1 Å². The van der Waals surface area contributed by atoms with E-state index in [1.807, 2.05) is 6.07 Å². The first-order chi connectivity index (χ1) is 20.8. The van der Waals surface area contributed by atoms with Crippen molar-refractivity contribution >= 4 is 46.8 Å². The fourth-order valence-electron chi connectivity index (χ4n) is 4.00. The lowest BCUT2D eigenvalue weighted by molar-refractivity contribution is -0.153. The minimum atomic E-state index is -1.01.